The van der Waals surface area contributed by atoms with E-state index in [2.05, 4.69) is 18.8 Å². The van der Waals surface area contributed by atoms with Gasteiger partial charge >= 0.3 is 5.97 Å². The summed E-state index contributed by atoms with van der Waals surface area (Å²) in [5, 5.41) is 0.612. The van der Waals surface area contributed by atoms with Crippen LogP contribution in [0.3, 0.4) is 0 Å². The van der Waals surface area contributed by atoms with Gasteiger partial charge in [0.2, 0.25) is 5.91 Å². The molecule has 0 saturated carbocycles. The third-order valence-corrected chi connectivity index (χ3v) is 6.18. The summed E-state index contributed by atoms with van der Waals surface area (Å²) in [7, 11) is 1.58. The molecule has 0 bridgehead atoms. The number of thioether (sulfide) groups is 1. The van der Waals surface area contributed by atoms with E-state index in [1.807, 2.05) is 18.2 Å². The number of hydrogen-bond donors (Lipinski definition) is 0. The third kappa shape index (κ3) is 5.28. The van der Waals surface area contributed by atoms with E-state index in [0.717, 1.165) is 12.0 Å². The summed E-state index contributed by atoms with van der Waals surface area (Å²) in [6.07, 6.45) is 1.03. The van der Waals surface area contributed by atoms with Crippen molar-refractivity contribution in [2.75, 3.05) is 19.5 Å². The van der Waals surface area contributed by atoms with E-state index in [9.17, 15) is 9.59 Å². The molecule has 1 fully saturated rings. The van der Waals surface area contributed by atoms with Crippen LogP contribution in [0.1, 0.15) is 59.1 Å². The number of fused-ring (bicyclic) bond motifs is 1. The predicted molar refractivity (Wildman–Crippen MR) is 126 cm³/mol. The SMILES string of the molecule is COc1cc([C@@H]2C(C(=O)OC(C)C)=C(C)N=C3SCCC(=O)N32)ccc1OCCC(C)C. The van der Waals surface area contributed by atoms with E-state index in [-0.39, 0.29) is 12.0 Å². The van der Waals surface area contributed by atoms with Gasteiger partial charge in [0.05, 0.1) is 37.1 Å². The Kier molecular flexibility index (Phi) is 7.87. The maximum absolute atomic E-state index is 13.1. The average molecular weight is 461 g/mol. The van der Waals surface area contributed by atoms with Gasteiger partial charge in [-0.05, 0) is 50.8 Å². The van der Waals surface area contributed by atoms with Crippen molar-refractivity contribution >= 4 is 28.8 Å². The highest BCUT2D eigenvalue weighted by Gasteiger charge is 2.42. The number of carbonyl (C=O) groups is 2. The van der Waals surface area contributed by atoms with E-state index in [1.165, 1.54) is 11.8 Å². The second kappa shape index (κ2) is 10.4. The van der Waals surface area contributed by atoms with Crippen molar-refractivity contribution in [1.29, 1.82) is 0 Å². The molecule has 0 aromatic heterocycles. The van der Waals surface area contributed by atoms with Crippen LogP contribution in [0, 0.1) is 5.92 Å². The molecule has 1 aromatic rings. The Balaban J connectivity index is 2.03. The summed E-state index contributed by atoms with van der Waals surface area (Å²) >= 11 is 1.52. The molecule has 0 radical (unpaired) electrons. The quantitative estimate of drug-likeness (QED) is 0.523. The van der Waals surface area contributed by atoms with Gasteiger partial charge in [-0.1, -0.05) is 31.7 Å². The minimum absolute atomic E-state index is 0.0638. The van der Waals surface area contributed by atoms with Gasteiger partial charge in [0.25, 0.3) is 0 Å². The summed E-state index contributed by atoms with van der Waals surface area (Å²) < 4.78 is 17.0. The molecule has 1 atom stereocenters. The van der Waals surface area contributed by atoms with E-state index >= 15 is 0 Å². The molecular formula is C24H32N2O5S. The molecule has 2 aliphatic heterocycles. The number of rotatable bonds is 8. The first-order valence-corrected chi connectivity index (χ1v) is 12.0. The molecule has 3 rings (SSSR count). The van der Waals surface area contributed by atoms with Crippen LogP contribution < -0.4 is 9.47 Å². The number of ether oxygens (including phenoxy) is 3. The van der Waals surface area contributed by atoms with Gasteiger partial charge in [0, 0.05) is 12.2 Å². The van der Waals surface area contributed by atoms with Crippen LogP contribution in [0.4, 0.5) is 0 Å². The number of amidine groups is 1. The predicted octanol–water partition coefficient (Wildman–Crippen LogP) is 4.72. The molecule has 0 unspecified atom stereocenters. The third-order valence-electron chi connectivity index (χ3n) is 5.23. The molecule has 0 spiro atoms. The Morgan fingerprint density at radius 1 is 1.25 bits per heavy atom. The molecule has 1 aromatic carbocycles. The number of allylic oxidation sites excluding steroid dienone is 1. The molecule has 0 N–H and O–H groups in total. The highest BCUT2D eigenvalue weighted by atomic mass is 32.2. The zero-order chi connectivity index (χ0) is 23.4. The number of amides is 1. The lowest BCUT2D eigenvalue weighted by Crippen LogP contribution is -2.46. The fourth-order valence-electron chi connectivity index (χ4n) is 3.63. The van der Waals surface area contributed by atoms with E-state index in [1.54, 1.807) is 32.8 Å². The largest absolute Gasteiger partial charge is 0.493 e. The first-order chi connectivity index (χ1) is 15.2. The average Bonchev–Trinajstić information content (AvgIpc) is 2.72. The van der Waals surface area contributed by atoms with Gasteiger partial charge in [0.15, 0.2) is 16.7 Å². The topological polar surface area (TPSA) is 77.4 Å². The number of methoxy groups -OCH3 is 1. The van der Waals surface area contributed by atoms with Crippen LogP contribution in [0.5, 0.6) is 11.5 Å². The zero-order valence-corrected chi connectivity index (χ0v) is 20.5. The summed E-state index contributed by atoms with van der Waals surface area (Å²) in [6, 6.07) is 4.92. The molecule has 174 valence electrons. The summed E-state index contributed by atoms with van der Waals surface area (Å²) in [5.74, 6) is 1.86. The molecule has 2 heterocycles. The molecule has 8 heteroatoms. The fourth-order valence-corrected chi connectivity index (χ4v) is 4.64. The Hall–Kier alpha value is -2.48. The number of nitrogens with zero attached hydrogens (tertiary/aromatic N) is 2. The van der Waals surface area contributed by atoms with Crippen molar-refractivity contribution in [3.05, 3.63) is 35.0 Å². The minimum Gasteiger partial charge on any atom is -0.493 e. The Morgan fingerprint density at radius 3 is 2.66 bits per heavy atom. The van der Waals surface area contributed by atoms with Crippen LogP contribution in [0.2, 0.25) is 0 Å². The monoisotopic (exact) mass is 460 g/mol. The number of esters is 1. The maximum atomic E-state index is 13.1. The normalized spacial score (nSPS) is 18.6. The first kappa shape index (κ1) is 24.2. The highest BCUT2D eigenvalue weighted by Crippen LogP contribution is 2.42. The van der Waals surface area contributed by atoms with Gasteiger partial charge in [-0.2, -0.15) is 0 Å². The summed E-state index contributed by atoms with van der Waals surface area (Å²) in [4.78, 5) is 32.2. The lowest BCUT2D eigenvalue weighted by atomic mass is 9.93. The molecule has 1 saturated heterocycles. The van der Waals surface area contributed by atoms with Gasteiger partial charge < -0.3 is 14.2 Å². The van der Waals surface area contributed by atoms with E-state index in [4.69, 9.17) is 14.2 Å². The summed E-state index contributed by atoms with van der Waals surface area (Å²) in [6.45, 7) is 10.3. The van der Waals surface area contributed by atoms with Gasteiger partial charge in [-0.3, -0.25) is 9.69 Å². The van der Waals surface area contributed by atoms with Crippen LogP contribution >= 0.6 is 11.8 Å². The number of carbonyl (C=O) groups excluding carboxylic acids is 2. The number of hydrogen-bond acceptors (Lipinski definition) is 7. The van der Waals surface area contributed by atoms with E-state index in [0.29, 0.717) is 52.6 Å². The Labute approximate surface area is 194 Å². The molecule has 2 aliphatic rings. The fraction of sp³-hybridized carbons (Fsp3) is 0.542. The van der Waals surface area contributed by atoms with Crippen LogP contribution in [-0.4, -0.2) is 47.5 Å². The standard InChI is InChI=1S/C24H32N2O5S/c1-14(2)9-11-30-18-8-7-17(13-19(18)29-6)22-21(23(28)31-15(3)4)16(5)25-24-26(22)20(27)10-12-32-24/h7-8,13-15,22H,9-12H2,1-6H3/t22-/m1/s1. The smallest absolute Gasteiger partial charge is 0.338 e. The van der Waals surface area contributed by atoms with Gasteiger partial charge in [-0.25, -0.2) is 9.79 Å². The first-order valence-electron chi connectivity index (χ1n) is 11.0. The van der Waals surface area contributed by atoms with E-state index < -0.39 is 12.0 Å². The maximum Gasteiger partial charge on any atom is 0.338 e. The van der Waals surface area contributed by atoms with Crippen LogP contribution in [-0.2, 0) is 14.3 Å². The zero-order valence-electron chi connectivity index (χ0n) is 19.6. The molecular weight excluding hydrogens is 428 g/mol. The molecule has 0 aliphatic carbocycles. The van der Waals surface area contributed by atoms with Crippen molar-refractivity contribution in [2.24, 2.45) is 10.9 Å². The Bertz CT molecular complexity index is 938. The lowest BCUT2D eigenvalue weighted by Gasteiger charge is -2.39. The van der Waals surface area contributed by atoms with Crippen LogP contribution in [0.15, 0.2) is 34.5 Å². The molecule has 32 heavy (non-hydrogen) atoms. The number of aliphatic imine (C=N–C) groups is 1. The second-order valence-electron chi connectivity index (χ2n) is 8.55. The van der Waals surface area contributed by atoms with Crippen LogP contribution in [0.25, 0.3) is 0 Å². The van der Waals surface area contributed by atoms with Crippen molar-refractivity contribution in [3.8, 4) is 11.5 Å². The van der Waals surface area contributed by atoms with Gasteiger partial charge in [-0.15, -0.1) is 0 Å². The van der Waals surface area contributed by atoms with Crippen molar-refractivity contribution in [1.82, 2.24) is 4.90 Å². The lowest BCUT2D eigenvalue weighted by molar-refractivity contribution is -0.143. The minimum atomic E-state index is -0.632. The van der Waals surface area contributed by atoms with Crippen molar-refractivity contribution < 1.29 is 23.8 Å². The van der Waals surface area contributed by atoms with Crippen molar-refractivity contribution in [2.45, 2.75) is 59.6 Å². The van der Waals surface area contributed by atoms with Gasteiger partial charge in [0.1, 0.15) is 0 Å². The van der Waals surface area contributed by atoms with Crippen molar-refractivity contribution in [3.63, 3.8) is 0 Å². The second-order valence-corrected chi connectivity index (χ2v) is 9.62. The number of benzene rings is 1. The summed E-state index contributed by atoms with van der Waals surface area (Å²) in [5.41, 5.74) is 1.68. The molecule has 7 nitrogen and oxygen atoms in total. The Morgan fingerprint density at radius 2 is 2.00 bits per heavy atom. The highest BCUT2D eigenvalue weighted by molar-refractivity contribution is 8.14. The molecule has 1 amide bonds.